The summed E-state index contributed by atoms with van der Waals surface area (Å²) in [7, 11) is 0. The van der Waals surface area contributed by atoms with Crippen molar-refractivity contribution in [3.05, 3.63) is 81.8 Å². The molecular formula is C26H28BrNO. The summed E-state index contributed by atoms with van der Waals surface area (Å²) in [6.07, 6.45) is 3.25. The van der Waals surface area contributed by atoms with Gasteiger partial charge in [0.15, 0.2) is 6.23 Å². The zero-order valence-corrected chi connectivity index (χ0v) is 18.9. The fourth-order valence-electron chi connectivity index (χ4n) is 3.79. The van der Waals surface area contributed by atoms with Gasteiger partial charge in [-0.3, -0.25) is 0 Å². The Bertz CT molecular complexity index is 994. The minimum absolute atomic E-state index is 0.230. The Kier molecular flexibility index (Phi) is 5.96. The Labute approximate surface area is 182 Å². The molecular weight excluding hydrogens is 422 g/mol. The number of anilines is 1. The van der Waals surface area contributed by atoms with Crippen LogP contribution in [0.5, 0.6) is 5.75 Å². The van der Waals surface area contributed by atoms with Gasteiger partial charge in [-0.1, -0.05) is 79.5 Å². The van der Waals surface area contributed by atoms with E-state index >= 15 is 0 Å². The average molecular weight is 450 g/mol. The minimum atomic E-state index is -0.230. The molecule has 1 N–H and O–H groups in total. The van der Waals surface area contributed by atoms with E-state index < -0.39 is 0 Å². The molecule has 0 aliphatic carbocycles. The Hall–Kier alpha value is -2.26. The van der Waals surface area contributed by atoms with E-state index in [9.17, 15) is 0 Å². The van der Waals surface area contributed by atoms with Crippen molar-refractivity contribution in [1.29, 1.82) is 0 Å². The summed E-state index contributed by atoms with van der Waals surface area (Å²) in [6, 6.07) is 21.8. The average Bonchev–Trinajstić information content (AvgIpc) is 2.88. The topological polar surface area (TPSA) is 21.3 Å². The van der Waals surface area contributed by atoms with Gasteiger partial charge in [-0.25, -0.2) is 0 Å². The molecule has 4 rings (SSSR count). The number of ether oxygens (including phenoxy) is 1. The number of hydrogen-bond donors (Lipinski definition) is 1. The van der Waals surface area contributed by atoms with Crippen LogP contribution in [0.4, 0.5) is 5.69 Å². The predicted molar refractivity (Wildman–Crippen MR) is 126 cm³/mol. The zero-order valence-electron chi connectivity index (χ0n) is 17.3. The fourth-order valence-corrected chi connectivity index (χ4v) is 4.05. The predicted octanol–water partition coefficient (Wildman–Crippen LogP) is 8.09. The molecule has 1 heterocycles. The summed E-state index contributed by atoms with van der Waals surface area (Å²) >= 11 is 3.53. The van der Waals surface area contributed by atoms with Gasteiger partial charge in [-0.2, -0.15) is 0 Å². The molecule has 0 spiro atoms. The van der Waals surface area contributed by atoms with Gasteiger partial charge in [-0.15, -0.1) is 0 Å². The smallest absolute Gasteiger partial charge is 0.196 e. The lowest BCUT2D eigenvalue weighted by Gasteiger charge is -2.21. The molecule has 3 aromatic carbocycles. The van der Waals surface area contributed by atoms with Gasteiger partial charge in [-0.05, 0) is 54.2 Å². The number of benzene rings is 3. The van der Waals surface area contributed by atoms with Gasteiger partial charge in [0.05, 0.1) is 0 Å². The first-order valence-electron chi connectivity index (χ1n) is 10.5. The van der Waals surface area contributed by atoms with Crippen molar-refractivity contribution >= 4 is 21.6 Å². The van der Waals surface area contributed by atoms with E-state index in [0.717, 1.165) is 33.5 Å². The number of aryl methyl sites for hydroxylation is 1. The highest BCUT2D eigenvalue weighted by molar-refractivity contribution is 9.10. The van der Waals surface area contributed by atoms with Gasteiger partial charge < -0.3 is 10.1 Å². The molecule has 0 aromatic heterocycles. The quantitative estimate of drug-likeness (QED) is 0.424. The van der Waals surface area contributed by atoms with E-state index in [-0.39, 0.29) is 6.23 Å². The molecule has 0 saturated heterocycles. The van der Waals surface area contributed by atoms with Gasteiger partial charge in [0.1, 0.15) is 5.75 Å². The first-order chi connectivity index (χ1) is 14.0. The van der Waals surface area contributed by atoms with E-state index in [1.165, 1.54) is 29.5 Å². The molecule has 3 heteroatoms. The number of halogens is 1. The Morgan fingerprint density at radius 3 is 2.45 bits per heavy atom. The van der Waals surface area contributed by atoms with Crippen molar-refractivity contribution < 1.29 is 4.74 Å². The standard InChI is InChI=1S/C26H28BrNO/c1-4-5-6-18-7-13-23-22-14-10-20(17(2)3)16-24(22)28-26(29-25(23)15-18)19-8-11-21(27)12-9-19/h7-17,26,28H,4-6H2,1-3H3. The first kappa shape index (κ1) is 20.0. The zero-order chi connectivity index (χ0) is 20.4. The number of fused-ring (bicyclic) bond motifs is 3. The highest BCUT2D eigenvalue weighted by Gasteiger charge is 2.23. The van der Waals surface area contributed by atoms with Crippen LogP contribution in [0.15, 0.2) is 65.1 Å². The highest BCUT2D eigenvalue weighted by atomic mass is 79.9. The number of rotatable bonds is 5. The normalized spacial score (nSPS) is 15.1. The summed E-state index contributed by atoms with van der Waals surface area (Å²) < 4.78 is 7.63. The maximum absolute atomic E-state index is 6.56. The van der Waals surface area contributed by atoms with E-state index in [1.807, 2.05) is 0 Å². The number of hydrogen-bond acceptors (Lipinski definition) is 2. The number of unbranched alkanes of at least 4 members (excludes halogenated alkanes) is 1. The third-order valence-corrected chi connectivity index (χ3v) is 6.10. The molecule has 1 unspecified atom stereocenters. The second kappa shape index (κ2) is 8.62. The van der Waals surface area contributed by atoms with Crippen molar-refractivity contribution in [3.8, 4) is 16.9 Å². The third kappa shape index (κ3) is 4.35. The molecule has 150 valence electrons. The van der Waals surface area contributed by atoms with Crippen LogP contribution in [0, 0.1) is 0 Å². The molecule has 0 saturated carbocycles. The van der Waals surface area contributed by atoms with Crippen LogP contribution in [0.1, 0.15) is 62.4 Å². The van der Waals surface area contributed by atoms with Crippen molar-refractivity contribution in [2.75, 3.05) is 5.32 Å². The molecule has 0 amide bonds. The van der Waals surface area contributed by atoms with Crippen molar-refractivity contribution in [1.82, 2.24) is 0 Å². The summed E-state index contributed by atoms with van der Waals surface area (Å²) in [4.78, 5) is 0. The molecule has 1 aliphatic heterocycles. The van der Waals surface area contributed by atoms with Gasteiger partial charge in [0, 0.05) is 26.9 Å². The lowest BCUT2D eigenvalue weighted by atomic mass is 9.95. The van der Waals surface area contributed by atoms with E-state index in [4.69, 9.17) is 4.74 Å². The lowest BCUT2D eigenvalue weighted by molar-refractivity contribution is 0.238. The molecule has 0 fully saturated rings. The van der Waals surface area contributed by atoms with Crippen molar-refractivity contribution in [2.45, 2.75) is 52.2 Å². The molecule has 2 nitrogen and oxygen atoms in total. The monoisotopic (exact) mass is 449 g/mol. The Morgan fingerprint density at radius 2 is 1.72 bits per heavy atom. The maximum Gasteiger partial charge on any atom is 0.196 e. The van der Waals surface area contributed by atoms with Crippen LogP contribution in [0.3, 0.4) is 0 Å². The van der Waals surface area contributed by atoms with Crippen LogP contribution < -0.4 is 10.1 Å². The van der Waals surface area contributed by atoms with Crippen LogP contribution in [-0.4, -0.2) is 0 Å². The Morgan fingerprint density at radius 1 is 0.966 bits per heavy atom. The van der Waals surface area contributed by atoms with E-state index in [2.05, 4.69) is 103 Å². The largest absolute Gasteiger partial charge is 0.466 e. The van der Waals surface area contributed by atoms with Crippen molar-refractivity contribution in [3.63, 3.8) is 0 Å². The minimum Gasteiger partial charge on any atom is -0.466 e. The maximum atomic E-state index is 6.56. The molecule has 1 atom stereocenters. The van der Waals surface area contributed by atoms with E-state index in [1.54, 1.807) is 0 Å². The van der Waals surface area contributed by atoms with Crippen LogP contribution in [0.2, 0.25) is 0 Å². The number of nitrogens with one attached hydrogen (secondary N) is 1. The highest BCUT2D eigenvalue weighted by Crippen LogP contribution is 2.43. The second-order valence-corrected chi connectivity index (χ2v) is 9.00. The van der Waals surface area contributed by atoms with Crippen LogP contribution in [-0.2, 0) is 6.42 Å². The van der Waals surface area contributed by atoms with Gasteiger partial charge in [0.2, 0.25) is 0 Å². The SMILES string of the molecule is CCCCc1ccc2c(c1)OC(c1ccc(Br)cc1)Nc1cc(C(C)C)ccc1-2. The summed E-state index contributed by atoms with van der Waals surface area (Å²) in [6.45, 7) is 6.69. The first-order valence-corrected chi connectivity index (χ1v) is 11.3. The van der Waals surface area contributed by atoms with Crippen molar-refractivity contribution in [2.24, 2.45) is 0 Å². The van der Waals surface area contributed by atoms with Gasteiger partial charge >= 0.3 is 0 Å². The summed E-state index contributed by atoms with van der Waals surface area (Å²) in [5.74, 6) is 1.43. The summed E-state index contributed by atoms with van der Waals surface area (Å²) in [5, 5.41) is 3.66. The Balaban J connectivity index is 1.81. The van der Waals surface area contributed by atoms with Gasteiger partial charge in [0.25, 0.3) is 0 Å². The summed E-state index contributed by atoms with van der Waals surface area (Å²) in [5.41, 5.74) is 7.26. The molecule has 0 bridgehead atoms. The second-order valence-electron chi connectivity index (χ2n) is 8.09. The molecule has 29 heavy (non-hydrogen) atoms. The third-order valence-electron chi connectivity index (χ3n) is 5.57. The lowest BCUT2D eigenvalue weighted by Crippen LogP contribution is -2.16. The molecule has 1 aliphatic rings. The molecule has 3 aromatic rings. The van der Waals surface area contributed by atoms with Crippen LogP contribution in [0.25, 0.3) is 11.1 Å². The van der Waals surface area contributed by atoms with Crippen LogP contribution >= 0.6 is 15.9 Å². The molecule has 0 radical (unpaired) electrons. The van der Waals surface area contributed by atoms with E-state index in [0.29, 0.717) is 5.92 Å². The fraction of sp³-hybridized carbons (Fsp3) is 0.308.